The van der Waals surface area contributed by atoms with Crippen molar-refractivity contribution in [2.75, 3.05) is 38.2 Å². The third-order valence-electron chi connectivity index (χ3n) is 4.39. The maximum Gasteiger partial charge on any atom is 0.324 e. The molecule has 2 saturated heterocycles. The van der Waals surface area contributed by atoms with Crippen LogP contribution in [0.1, 0.15) is 0 Å². The van der Waals surface area contributed by atoms with E-state index >= 15 is 0 Å². The Morgan fingerprint density at radius 1 is 1.17 bits per heavy atom. The number of benzene rings is 1. The van der Waals surface area contributed by atoms with Crippen LogP contribution in [-0.2, 0) is 4.74 Å². The summed E-state index contributed by atoms with van der Waals surface area (Å²) in [7, 11) is 2.12. The molecule has 0 N–H and O–H groups in total. The van der Waals surface area contributed by atoms with Crippen molar-refractivity contribution in [3.8, 4) is 11.4 Å². The van der Waals surface area contributed by atoms with Crippen LogP contribution >= 0.6 is 23.2 Å². The minimum atomic E-state index is 0.185. The normalized spacial score (nSPS) is 24.9. The van der Waals surface area contributed by atoms with Gasteiger partial charge in [-0.2, -0.15) is 4.98 Å². The molecule has 8 heteroatoms. The van der Waals surface area contributed by atoms with E-state index < -0.39 is 0 Å². The number of anilines is 1. The molecule has 23 heavy (non-hydrogen) atoms. The first kappa shape index (κ1) is 15.2. The Bertz CT molecular complexity index is 703. The number of ether oxygens (including phenoxy) is 1. The van der Waals surface area contributed by atoms with Crippen LogP contribution in [0.4, 0.5) is 6.01 Å². The predicted molar refractivity (Wildman–Crippen MR) is 88.1 cm³/mol. The smallest absolute Gasteiger partial charge is 0.324 e. The summed E-state index contributed by atoms with van der Waals surface area (Å²) < 4.78 is 11.3. The maximum atomic E-state index is 6.03. The molecule has 2 fully saturated rings. The first-order valence-corrected chi connectivity index (χ1v) is 8.23. The molecule has 0 radical (unpaired) electrons. The minimum absolute atomic E-state index is 0.185. The second-order valence-corrected chi connectivity index (χ2v) is 6.79. The summed E-state index contributed by atoms with van der Waals surface area (Å²) in [4.78, 5) is 8.88. The molecule has 0 spiro atoms. The third kappa shape index (κ3) is 2.92. The zero-order valence-electron chi connectivity index (χ0n) is 12.6. The predicted octanol–water partition coefficient (Wildman–Crippen LogP) is 2.56. The molecule has 1 aromatic carbocycles. The van der Waals surface area contributed by atoms with E-state index in [2.05, 4.69) is 27.0 Å². The highest BCUT2D eigenvalue weighted by molar-refractivity contribution is 6.35. The Morgan fingerprint density at radius 3 is 2.70 bits per heavy atom. The molecule has 2 aromatic rings. The number of halogens is 2. The highest BCUT2D eigenvalue weighted by atomic mass is 35.5. The average Bonchev–Trinajstić information content (AvgIpc) is 3.13. The molecular weight excluding hydrogens is 339 g/mol. The number of hydrogen-bond donors (Lipinski definition) is 0. The van der Waals surface area contributed by atoms with Gasteiger partial charge in [0.2, 0.25) is 5.82 Å². The minimum Gasteiger partial charge on any atom is -0.373 e. The molecule has 2 aliphatic rings. The van der Waals surface area contributed by atoms with Gasteiger partial charge >= 0.3 is 6.01 Å². The molecule has 122 valence electrons. The van der Waals surface area contributed by atoms with E-state index in [1.165, 1.54) is 0 Å². The van der Waals surface area contributed by atoms with Crippen LogP contribution < -0.4 is 4.90 Å². The third-order valence-corrected chi connectivity index (χ3v) is 4.82. The zero-order valence-corrected chi connectivity index (χ0v) is 14.1. The lowest BCUT2D eigenvalue weighted by Gasteiger charge is -2.33. The van der Waals surface area contributed by atoms with Crippen LogP contribution in [-0.4, -0.2) is 60.5 Å². The van der Waals surface area contributed by atoms with Crippen molar-refractivity contribution in [3.05, 3.63) is 28.2 Å². The van der Waals surface area contributed by atoms with E-state index in [-0.39, 0.29) is 6.10 Å². The van der Waals surface area contributed by atoms with Gasteiger partial charge in [-0.3, -0.25) is 4.90 Å². The number of likely N-dealkylation sites (N-methyl/N-ethyl adjacent to an activating group) is 1. The molecule has 2 atom stereocenters. The summed E-state index contributed by atoms with van der Waals surface area (Å²) in [5, 5.41) is 5.14. The summed E-state index contributed by atoms with van der Waals surface area (Å²) in [6, 6.07) is 6.07. The van der Waals surface area contributed by atoms with Gasteiger partial charge in [-0.1, -0.05) is 28.4 Å². The van der Waals surface area contributed by atoms with Crippen molar-refractivity contribution in [2.45, 2.75) is 12.1 Å². The molecule has 0 aliphatic carbocycles. The largest absolute Gasteiger partial charge is 0.373 e. The van der Waals surface area contributed by atoms with Crippen LogP contribution in [0.2, 0.25) is 10.0 Å². The molecular formula is C15H16Cl2N4O2. The lowest BCUT2D eigenvalue weighted by molar-refractivity contribution is -0.0362. The molecule has 4 rings (SSSR count). The molecule has 3 heterocycles. The number of nitrogens with zero attached hydrogens (tertiary/aromatic N) is 4. The lowest BCUT2D eigenvalue weighted by Crippen LogP contribution is -2.48. The van der Waals surface area contributed by atoms with Crippen molar-refractivity contribution in [1.29, 1.82) is 0 Å². The molecule has 0 saturated carbocycles. The monoisotopic (exact) mass is 354 g/mol. The Labute approximate surface area is 143 Å². The molecule has 2 unspecified atom stereocenters. The molecule has 0 bridgehead atoms. The van der Waals surface area contributed by atoms with Crippen molar-refractivity contribution >= 4 is 29.2 Å². The van der Waals surface area contributed by atoms with Crippen molar-refractivity contribution in [3.63, 3.8) is 0 Å². The summed E-state index contributed by atoms with van der Waals surface area (Å²) in [6.45, 7) is 3.29. The second kappa shape index (κ2) is 5.94. The van der Waals surface area contributed by atoms with Gasteiger partial charge in [0.1, 0.15) is 0 Å². The highest BCUT2D eigenvalue weighted by Gasteiger charge is 2.40. The number of fused-ring (bicyclic) bond motifs is 1. The summed E-state index contributed by atoms with van der Waals surface area (Å²) >= 11 is 12.1. The fourth-order valence-electron chi connectivity index (χ4n) is 3.16. The topological polar surface area (TPSA) is 54.6 Å². The van der Waals surface area contributed by atoms with Crippen molar-refractivity contribution < 1.29 is 9.26 Å². The first-order valence-electron chi connectivity index (χ1n) is 7.47. The Kier molecular flexibility index (Phi) is 3.93. The van der Waals surface area contributed by atoms with Crippen LogP contribution in [0.5, 0.6) is 0 Å². The van der Waals surface area contributed by atoms with Gasteiger partial charge in [-0.25, -0.2) is 0 Å². The molecule has 6 nitrogen and oxygen atoms in total. The van der Waals surface area contributed by atoms with Gasteiger partial charge in [-0.15, -0.1) is 0 Å². The summed E-state index contributed by atoms with van der Waals surface area (Å²) in [6.07, 6.45) is 0.185. The zero-order chi connectivity index (χ0) is 16.0. The number of rotatable bonds is 2. The maximum absolute atomic E-state index is 6.03. The van der Waals surface area contributed by atoms with Gasteiger partial charge in [-0.05, 0) is 25.2 Å². The SMILES string of the molecule is CN1CCOC2CN(c3nc(-c4cc(Cl)cc(Cl)c4)no3)CC21. The number of hydrogen-bond acceptors (Lipinski definition) is 6. The van der Waals surface area contributed by atoms with E-state index in [0.717, 1.165) is 31.8 Å². The van der Waals surface area contributed by atoms with E-state index in [0.29, 0.717) is 27.9 Å². The van der Waals surface area contributed by atoms with Crippen molar-refractivity contribution in [1.82, 2.24) is 15.0 Å². The summed E-state index contributed by atoms with van der Waals surface area (Å²) in [5.74, 6) is 0.480. The van der Waals surface area contributed by atoms with Crippen LogP contribution in [0, 0.1) is 0 Å². The van der Waals surface area contributed by atoms with E-state index in [1.807, 2.05) is 0 Å². The lowest BCUT2D eigenvalue weighted by atomic mass is 10.1. The van der Waals surface area contributed by atoms with Crippen LogP contribution in [0.25, 0.3) is 11.4 Å². The molecule has 1 aromatic heterocycles. The summed E-state index contributed by atoms with van der Waals surface area (Å²) in [5.41, 5.74) is 0.738. The number of morpholine rings is 1. The fourth-order valence-corrected chi connectivity index (χ4v) is 3.68. The van der Waals surface area contributed by atoms with Crippen molar-refractivity contribution in [2.24, 2.45) is 0 Å². The van der Waals surface area contributed by atoms with Crippen LogP contribution in [0.3, 0.4) is 0 Å². The van der Waals surface area contributed by atoms with Gasteiger partial charge < -0.3 is 14.2 Å². The van der Waals surface area contributed by atoms with Gasteiger partial charge in [0, 0.05) is 28.7 Å². The molecule has 2 aliphatic heterocycles. The quantitative estimate of drug-likeness (QED) is 0.825. The van der Waals surface area contributed by atoms with E-state index in [9.17, 15) is 0 Å². The Morgan fingerprint density at radius 2 is 1.96 bits per heavy atom. The second-order valence-electron chi connectivity index (χ2n) is 5.92. The molecule has 0 amide bonds. The van der Waals surface area contributed by atoms with Gasteiger partial charge in [0.15, 0.2) is 0 Å². The number of aromatic nitrogens is 2. The van der Waals surface area contributed by atoms with E-state index in [1.54, 1.807) is 18.2 Å². The van der Waals surface area contributed by atoms with Gasteiger partial charge in [0.05, 0.1) is 25.3 Å². The fraction of sp³-hybridized carbons (Fsp3) is 0.467. The van der Waals surface area contributed by atoms with E-state index in [4.69, 9.17) is 32.5 Å². The average molecular weight is 355 g/mol. The van der Waals surface area contributed by atoms with Gasteiger partial charge in [0.25, 0.3) is 0 Å². The van der Waals surface area contributed by atoms with Crippen LogP contribution in [0.15, 0.2) is 22.7 Å². The standard InChI is InChI=1S/C15H16Cl2N4O2/c1-20-2-3-22-13-8-21(7-12(13)20)15-18-14(19-23-15)9-4-10(16)6-11(17)5-9/h4-6,12-13H,2-3,7-8H2,1H3. The Hall–Kier alpha value is -1.34. The Balaban J connectivity index is 1.56. The highest BCUT2D eigenvalue weighted by Crippen LogP contribution is 2.29. The first-order chi connectivity index (χ1) is 11.1.